The number of carbonyl (C=O) groups is 1. The molecule has 0 aliphatic carbocycles. The van der Waals surface area contributed by atoms with Crippen molar-refractivity contribution in [3.63, 3.8) is 0 Å². The molecular weight excluding hydrogens is 466 g/mol. The van der Waals surface area contributed by atoms with Crippen molar-refractivity contribution in [2.24, 2.45) is 5.10 Å². The maximum atomic E-state index is 12.4. The molecule has 0 fully saturated rings. The first-order valence-electron chi connectivity index (χ1n) is 10.6. The number of aromatic hydroxyl groups is 1. The number of carbonyl (C=O) groups excluding carboxylic acids is 1. The average Bonchev–Trinajstić information content (AvgIpc) is 3.31. The van der Waals surface area contributed by atoms with Gasteiger partial charge in [-0.2, -0.15) is 5.10 Å². The van der Waals surface area contributed by atoms with Crippen LogP contribution in [0.25, 0.3) is 17.1 Å². The molecule has 4 rings (SSSR count). The third-order valence-electron chi connectivity index (χ3n) is 4.89. The minimum absolute atomic E-state index is 0.0777. The fourth-order valence-electron chi connectivity index (χ4n) is 3.28. The monoisotopic (exact) mass is 489 g/mol. The van der Waals surface area contributed by atoms with Crippen molar-refractivity contribution >= 4 is 23.9 Å². The number of amides is 1. The van der Waals surface area contributed by atoms with Crippen molar-refractivity contribution in [2.45, 2.75) is 5.16 Å². The van der Waals surface area contributed by atoms with Gasteiger partial charge in [0.1, 0.15) is 5.75 Å². The Morgan fingerprint density at radius 2 is 1.83 bits per heavy atom. The van der Waals surface area contributed by atoms with Crippen molar-refractivity contribution in [3.05, 3.63) is 78.4 Å². The van der Waals surface area contributed by atoms with Crippen LogP contribution in [0.4, 0.5) is 0 Å². The molecule has 0 aliphatic heterocycles. The number of nitrogens with one attached hydrogen (secondary N) is 1. The van der Waals surface area contributed by atoms with Crippen LogP contribution in [0.15, 0.2) is 83.1 Å². The first-order valence-corrected chi connectivity index (χ1v) is 11.5. The number of rotatable bonds is 9. The van der Waals surface area contributed by atoms with Gasteiger partial charge in [0.25, 0.3) is 5.91 Å². The van der Waals surface area contributed by atoms with Crippen molar-refractivity contribution < 1.29 is 19.4 Å². The molecule has 3 aromatic carbocycles. The standard InChI is InChI=1S/C25H23N5O4S/c1-33-21-12-11-18(14-22(21)34-2)24-28-29-25(30(24)19-8-4-3-5-9-19)35-16-23(32)27-26-15-17-7-6-10-20(31)13-17/h3-15,31H,16H2,1-2H3,(H,27,32). The lowest BCUT2D eigenvalue weighted by molar-refractivity contribution is -0.118. The van der Waals surface area contributed by atoms with Gasteiger partial charge < -0.3 is 14.6 Å². The van der Waals surface area contributed by atoms with Gasteiger partial charge in [0, 0.05) is 11.3 Å². The zero-order valence-electron chi connectivity index (χ0n) is 19.1. The third-order valence-corrected chi connectivity index (χ3v) is 5.82. The number of phenolic OH excluding ortho intramolecular Hbond substituents is 1. The number of nitrogens with zero attached hydrogens (tertiary/aromatic N) is 4. The maximum absolute atomic E-state index is 12.4. The molecule has 0 unspecified atom stereocenters. The molecule has 0 bridgehead atoms. The van der Waals surface area contributed by atoms with Crippen LogP contribution < -0.4 is 14.9 Å². The second-order valence-electron chi connectivity index (χ2n) is 7.22. The van der Waals surface area contributed by atoms with Crippen LogP contribution in [-0.4, -0.2) is 52.0 Å². The van der Waals surface area contributed by atoms with Crippen molar-refractivity contribution in [1.29, 1.82) is 0 Å². The van der Waals surface area contributed by atoms with Crippen LogP contribution in [0.5, 0.6) is 17.2 Å². The van der Waals surface area contributed by atoms with E-state index in [1.165, 1.54) is 18.0 Å². The first kappa shape index (κ1) is 23.8. The summed E-state index contributed by atoms with van der Waals surface area (Å²) in [6.07, 6.45) is 1.46. The fraction of sp³-hybridized carbons (Fsp3) is 0.120. The third kappa shape index (κ3) is 5.79. The summed E-state index contributed by atoms with van der Waals surface area (Å²) in [5, 5.41) is 22.7. The predicted molar refractivity (Wildman–Crippen MR) is 134 cm³/mol. The van der Waals surface area contributed by atoms with E-state index >= 15 is 0 Å². The smallest absolute Gasteiger partial charge is 0.250 e. The molecule has 0 radical (unpaired) electrons. The Balaban J connectivity index is 1.54. The lowest BCUT2D eigenvalue weighted by atomic mass is 10.2. The van der Waals surface area contributed by atoms with E-state index in [1.807, 2.05) is 53.1 Å². The van der Waals surface area contributed by atoms with Gasteiger partial charge in [0.2, 0.25) is 0 Å². The summed E-state index contributed by atoms with van der Waals surface area (Å²) in [5.41, 5.74) is 4.79. The van der Waals surface area contributed by atoms with E-state index in [2.05, 4.69) is 20.7 Å². The molecule has 1 heterocycles. The molecular formula is C25H23N5O4S. The molecule has 0 saturated heterocycles. The topological polar surface area (TPSA) is 111 Å². The molecule has 0 atom stereocenters. The second kappa shape index (κ2) is 11.2. The van der Waals surface area contributed by atoms with E-state index in [4.69, 9.17) is 9.47 Å². The molecule has 9 nitrogen and oxygen atoms in total. The van der Waals surface area contributed by atoms with E-state index in [1.54, 1.807) is 38.5 Å². The number of phenols is 1. The number of hydrogen-bond acceptors (Lipinski definition) is 8. The van der Waals surface area contributed by atoms with Gasteiger partial charge in [-0.25, -0.2) is 5.43 Å². The Morgan fingerprint density at radius 1 is 1.03 bits per heavy atom. The van der Waals surface area contributed by atoms with Crippen LogP contribution in [0, 0.1) is 0 Å². The Bertz CT molecular complexity index is 1340. The van der Waals surface area contributed by atoms with Crippen molar-refractivity contribution in [2.75, 3.05) is 20.0 Å². The highest BCUT2D eigenvalue weighted by atomic mass is 32.2. The van der Waals surface area contributed by atoms with Gasteiger partial charge in [-0.3, -0.25) is 9.36 Å². The molecule has 0 saturated carbocycles. The zero-order valence-corrected chi connectivity index (χ0v) is 19.9. The SMILES string of the molecule is COc1ccc(-c2nnc(SCC(=O)NN=Cc3cccc(O)c3)n2-c2ccccc2)cc1OC. The number of methoxy groups -OCH3 is 2. The van der Waals surface area contributed by atoms with Gasteiger partial charge in [-0.05, 0) is 48.0 Å². The number of hydrazone groups is 1. The summed E-state index contributed by atoms with van der Waals surface area (Å²) in [5.74, 6) is 1.68. The van der Waals surface area contributed by atoms with Crippen LogP contribution in [0.1, 0.15) is 5.56 Å². The van der Waals surface area contributed by atoms with E-state index in [0.29, 0.717) is 28.0 Å². The van der Waals surface area contributed by atoms with Gasteiger partial charge in [0.05, 0.1) is 26.2 Å². The van der Waals surface area contributed by atoms with Crippen LogP contribution in [-0.2, 0) is 4.79 Å². The summed E-state index contributed by atoms with van der Waals surface area (Å²) < 4.78 is 12.7. The van der Waals surface area contributed by atoms with Crippen molar-refractivity contribution in [3.8, 4) is 34.3 Å². The highest BCUT2D eigenvalue weighted by Gasteiger charge is 2.18. The predicted octanol–water partition coefficient (Wildman–Crippen LogP) is 3.90. The van der Waals surface area contributed by atoms with Crippen LogP contribution >= 0.6 is 11.8 Å². The Kier molecular flexibility index (Phi) is 7.63. The molecule has 1 amide bonds. The molecule has 178 valence electrons. The highest BCUT2D eigenvalue weighted by molar-refractivity contribution is 7.99. The quantitative estimate of drug-likeness (QED) is 0.208. The van der Waals surface area contributed by atoms with E-state index < -0.39 is 0 Å². The number of para-hydroxylation sites is 1. The van der Waals surface area contributed by atoms with E-state index in [9.17, 15) is 9.90 Å². The molecule has 0 aliphatic rings. The number of thioether (sulfide) groups is 1. The number of hydrogen-bond donors (Lipinski definition) is 2. The fourth-order valence-corrected chi connectivity index (χ4v) is 4.03. The molecule has 4 aromatic rings. The number of aromatic nitrogens is 3. The van der Waals surface area contributed by atoms with Crippen LogP contribution in [0.3, 0.4) is 0 Å². The molecule has 0 spiro atoms. The zero-order chi connectivity index (χ0) is 24.6. The lowest BCUT2D eigenvalue weighted by Gasteiger charge is -2.12. The number of ether oxygens (including phenoxy) is 2. The normalized spacial score (nSPS) is 10.9. The molecule has 10 heteroatoms. The maximum Gasteiger partial charge on any atom is 0.250 e. The molecule has 2 N–H and O–H groups in total. The molecule has 1 aromatic heterocycles. The Hall–Kier alpha value is -4.31. The lowest BCUT2D eigenvalue weighted by Crippen LogP contribution is -2.20. The minimum atomic E-state index is -0.304. The first-order chi connectivity index (χ1) is 17.1. The Morgan fingerprint density at radius 3 is 2.57 bits per heavy atom. The highest BCUT2D eigenvalue weighted by Crippen LogP contribution is 2.34. The largest absolute Gasteiger partial charge is 0.508 e. The minimum Gasteiger partial charge on any atom is -0.508 e. The van der Waals surface area contributed by atoms with E-state index in [-0.39, 0.29) is 17.4 Å². The molecule has 35 heavy (non-hydrogen) atoms. The Labute approximate surface area is 206 Å². The summed E-state index contributed by atoms with van der Waals surface area (Å²) in [6, 6.07) is 21.7. The number of benzene rings is 3. The van der Waals surface area contributed by atoms with Gasteiger partial charge >= 0.3 is 0 Å². The summed E-state index contributed by atoms with van der Waals surface area (Å²) in [7, 11) is 3.16. The van der Waals surface area contributed by atoms with E-state index in [0.717, 1.165) is 11.3 Å². The second-order valence-corrected chi connectivity index (χ2v) is 8.17. The van der Waals surface area contributed by atoms with Gasteiger partial charge in [0.15, 0.2) is 22.5 Å². The van der Waals surface area contributed by atoms with Crippen LogP contribution in [0.2, 0.25) is 0 Å². The van der Waals surface area contributed by atoms with Crippen molar-refractivity contribution in [1.82, 2.24) is 20.2 Å². The van der Waals surface area contributed by atoms with Gasteiger partial charge in [-0.1, -0.05) is 42.1 Å². The summed E-state index contributed by atoms with van der Waals surface area (Å²) in [4.78, 5) is 12.4. The summed E-state index contributed by atoms with van der Waals surface area (Å²) in [6.45, 7) is 0. The average molecular weight is 490 g/mol. The summed E-state index contributed by atoms with van der Waals surface area (Å²) >= 11 is 1.24. The van der Waals surface area contributed by atoms with Gasteiger partial charge in [-0.15, -0.1) is 10.2 Å².